The predicted molar refractivity (Wildman–Crippen MR) is 92.6 cm³/mol. The number of carbonyl (C=O) groups is 1. The first-order valence-electron chi connectivity index (χ1n) is 8.83. The Morgan fingerprint density at radius 2 is 2.00 bits per heavy atom. The van der Waals surface area contributed by atoms with Crippen LogP contribution in [0, 0.1) is 5.92 Å². The van der Waals surface area contributed by atoms with Crippen molar-refractivity contribution in [3.8, 4) is 5.75 Å². The third-order valence-corrected chi connectivity index (χ3v) is 5.08. The lowest BCUT2D eigenvalue weighted by molar-refractivity contribution is -0.908. The highest BCUT2D eigenvalue weighted by Gasteiger charge is 2.24. The van der Waals surface area contributed by atoms with Crippen LogP contribution >= 0.6 is 0 Å². The number of para-hydroxylation sites is 1. The molecule has 1 fully saturated rings. The van der Waals surface area contributed by atoms with Crippen LogP contribution in [0.1, 0.15) is 44.6 Å². The van der Waals surface area contributed by atoms with Gasteiger partial charge in [-0.05, 0) is 37.8 Å². The van der Waals surface area contributed by atoms with Gasteiger partial charge in [-0.1, -0.05) is 31.4 Å². The molecule has 23 heavy (non-hydrogen) atoms. The fourth-order valence-corrected chi connectivity index (χ4v) is 3.32. The van der Waals surface area contributed by atoms with Crippen LogP contribution in [0.3, 0.4) is 0 Å². The Morgan fingerprint density at radius 3 is 2.70 bits per heavy atom. The summed E-state index contributed by atoms with van der Waals surface area (Å²) < 4.78 is 5.40. The van der Waals surface area contributed by atoms with Gasteiger partial charge in [-0.3, -0.25) is 4.79 Å². The Morgan fingerprint density at radius 1 is 1.30 bits per heavy atom. The van der Waals surface area contributed by atoms with E-state index in [1.807, 2.05) is 25.1 Å². The molecule has 4 nitrogen and oxygen atoms in total. The highest BCUT2D eigenvalue weighted by Crippen LogP contribution is 2.22. The van der Waals surface area contributed by atoms with Gasteiger partial charge in [0, 0.05) is 12.1 Å². The molecule has 0 radical (unpaired) electrons. The number of hydrogen-bond donors (Lipinski definition) is 2. The van der Waals surface area contributed by atoms with Crippen molar-refractivity contribution in [1.82, 2.24) is 5.32 Å². The molecule has 128 valence electrons. The molecule has 2 atom stereocenters. The van der Waals surface area contributed by atoms with E-state index >= 15 is 0 Å². The molecule has 0 bridgehead atoms. The van der Waals surface area contributed by atoms with E-state index in [9.17, 15) is 4.79 Å². The molecule has 1 aromatic carbocycles. The molecular formula is C19H31N2O2+. The Bertz CT molecular complexity index is 498. The average Bonchev–Trinajstić information content (AvgIpc) is 2.60. The topological polar surface area (TPSA) is 42.8 Å². The van der Waals surface area contributed by atoms with Gasteiger partial charge in [0.25, 0.3) is 5.91 Å². The highest BCUT2D eigenvalue weighted by atomic mass is 16.5. The van der Waals surface area contributed by atoms with Crippen LogP contribution in [0.4, 0.5) is 0 Å². The maximum atomic E-state index is 12.4. The quantitative estimate of drug-likeness (QED) is 0.805. The minimum absolute atomic E-state index is 0.0662. The number of likely N-dealkylation sites (N-methyl/N-ethyl adjacent to an activating group) is 1. The molecule has 0 spiro atoms. The minimum atomic E-state index is -0.0662. The lowest BCUT2D eigenvalue weighted by Crippen LogP contribution is -3.12. The van der Waals surface area contributed by atoms with E-state index in [1.165, 1.54) is 37.0 Å². The SMILES string of the molecule is COc1ccccc1C[NH+](C)[C@@H](C)C(=O)NCC1CCCCC1. The van der Waals surface area contributed by atoms with Crippen molar-refractivity contribution in [3.05, 3.63) is 29.8 Å². The molecule has 2 N–H and O–H groups in total. The highest BCUT2D eigenvalue weighted by molar-refractivity contribution is 5.79. The molecule has 0 heterocycles. The van der Waals surface area contributed by atoms with E-state index < -0.39 is 0 Å². The molecule has 0 aliphatic heterocycles. The molecule has 1 aliphatic rings. The zero-order valence-corrected chi connectivity index (χ0v) is 14.7. The van der Waals surface area contributed by atoms with Crippen molar-refractivity contribution in [2.45, 2.75) is 51.6 Å². The molecular weight excluding hydrogens is 288 g/mol. The largest absolute Gasteiger partial charge is 0.496 e. The molecule has 1 aromatic rings. The summed E-state index contributed by atoms with van der Waals surface area (Å²) in [5.74, 6) is 1.72. The first kappa shape index (κ1) is 17.8. The van der Waals surface area contributed by atoms with Gasteiger partial charge in [0.2, 0.25) is 0 Å². The second-order valence-corrected chi connectivity index (χ2v) is 6.81. The Balaban J connectivity index is 1.83. The summed E-state index contributed by atoms with van der Waals surface area (Å²) in [6.45, 7) is 3.62. The van der Waals surface area contributed by atoms with Crippen molar-refractivity contribution in [2.24, 2.45) is 5.92 Å². The summed E-state index contributed by atoms with van der Waals surface area (Å²) >= 11 is 0. The van der Waals surface area contributed by atoms with E-state index in [0.29, 0.717) is 5.92 Å². The summed E-state index contributed by atoms with van der Waals surface area (Å²) in [4.78, 5) is 13.6. The monoisotopic (exact) mass is 319 g/mol. The van der Waals surface area contributed by atoms with Gasteiger partial charge in [-0.15, -0.1) is 0 Å². The normalized spacial score (nSPS) is 18.2. The van der Waals surface area contributed by atoms with Gasteiger partial charge in [-0.25, -0.2) is 0 Å². The first-order chi connectivity index (χ1) is 11.1. The molecule has 0 saturated heterocycles. The van der Waals surface area contributed by atoms with Crippen LogP contribution in [-0.4, -0.2) is 32.7 Å². The number of carbonyl (C=O) groups excluding carboxylic acids is 1. The number of methoxy groups -OCH3 is 1. The van der Waals surface area contributed by atoms with Crippen LogP contribution in [0.5, 0.6) is 5.75 Å². The number of nitrogens with one attached hydrogen (secondary N) is 2. The van der Waals surface area contributed by atoms with Crippen LogP contribution in [0.25, 0.3) is 0 Å². The predicted octanol–water partition coefficient (Wildman–Crippen LogP) is 1.79. The maximum Gasteiger partial charge on any atom is 0.278 e. The molecule has 2 rings (SSSR count). The van der Waals surface area contributed by atoms with Crippen LogP contribution in [-0.2, 0) is 11.3 Å². The number of rotatable bonds is 7. The Kier molecular flexibility index (Phi) is 6.90. The lowest BCUT2D eigenvalue weighted by atomic mass is 9.89. The van der Waals surface area contributed by atoms with Gasteiger partial charge in [0.05, 0.1) is 14.2 Å². The van der Waals surface area contributed by atoms with Crippen molar-refractivity contribution < 1.29 is 14.4 Å². The van der Waals surface area contributed by atoms with E-state index in [2.05, 4.69) is 18.4 Å². The van der Waals surface area contributed by atoms with Gasteiger partial charge >= 0.3 is 0 Å². The van der Waals surface area contributed by atoms with Crippen molar-refractivity contribution in [2.75, 3.05) is 20.7 Å². The van der Waals surface area contributed by atoms with Crippen molar-refractivity contribution in [1.29, 1.82) is 0 Å². The van der Waals surface area contributed by atoms with Crippen LogP contribution in [0.15, 0.2) is 24.3 Å². The van der Waals surface area contributed by atoms with Crippen molar-refractivity contribution >= 4 is 5.91 Å². The molecule has 1 saturated carbocycles. The van der Waals surface area contributed by atoms with Crippen molar-refractivity contribution in [3.63, 3.8) is 0 Å². The third-order valence-electron chi connectivity index (χ3n) is 5.08. The molecule has 4 heteroatoms. The zero-order valence-electron chi connectivity index (χ0n) is 14.7. The zero-order chi connectivity index (χ0) is 16.7. The van der Waals surface area contributed by atoms with E-state index in [1.54, 1.807) is 7.11 Å². The minimum Gasteiger partial charge on any atom is -0.496 e. The number of ether oxygens (including phenoxy) is 1. The average molecular weight is 319 g/mol. The third kappa shape index (κ3) is 5.24. The van der Waals surface area contributed by atoms with Gasteiger partial charge in [-0.2, -0.15) is 0 Å². The van der Waals surface area contributed by atoms with Gasteiger partial charge in [0.1, 0.15) is 12.3 Å². The Labute approximate surface area is 140 Å². The van der Waals surface area contributed by atoms with Gasteiger partial charge < -0.3 is 15.0 Å². The second-order valence-electron chi connectivity index (χ2n) is 6.81. The summed E-state index contributed by atoms with van der Waals surface area (Å²) in [6, 6.07) is 7.95. The molecule has 1 unspecified atom stereocenters. The van der Waals surface area contributed by atoms with E-state index in [4.69, 9.17) is 4.74 Å². The summed E-state index contributed by atoms with van der Waals surface area (Å²) in [5.41, 5.74) is 1.14. The summed E-state index contributed by atoms with van der Waals surface area (Å²) in [5, 5.41) is 3.16. The van der Waals surface area contributed by atoms with Crippen LogP contribution in [0.2, 0.25) is 0 Å². The maximum absolute atomic E-state index is 12.4. The Hall–Kier alpha value is -1.55. The second kappa shape index (κ2) is 8.92. The standard InChI is InChI=1S/C19H30N2O2/c1-15(19(22)20-13-16-9-5-4-6-10-16)21(2)14-17-11-7-8-12-18(17)23-3/h7-8,11-12,15-16H,4-6,9-10,13-14H2,1-3H3,(H,20,22)/p+1/t15-/m0/s1. The number of benzene rings is 1. The number of quaternary nitrogens is 1. The molecule has 1 aliphatic carbocycles. The molecule has 1 amide bonds. The fraction of sp³-hybridized carbons (Fsp3) is 0.632. The van der Waals surface area contributed by atoms with Crippen LogP contribution < -0.4 is 15.0 Å². The number of amides is 1. The lowest BCUT2D eigenvalue weighted by Gasteiger charge is -2.25. The summed E-state index contributed by atoms with van der Waals surface area (Å²) in [6.07, 6.45) is 6.51. The first-order valence-corrected chi connectivity index (χ1v) is 8.83. The smallest absolute Gasteiger partial charge is 0.278 e. The number of hydrogen-bond acceptors (Lipinski definition) is 2. The molecule has 0 aromatic heterocycles. The van der Waals surface area contributed by atoms with Gasteiger partial charge in [0.15, 0.2) is 6.04 Å². The van der Waals surface area contributed by atoms with E-state index in [-0.39, 0.29) is 11.9 Å². The fourth-order valence-electron chi connectivity index (χ4n) is 3.32. The summed E-state index contributed by atoms with van der Waals surface area (Å²) in [7, 11) is 3.76. The van der Waals surface area contributed by atoms with E-state index in [0.717, 1.165) is 24.4 Å².